The quantitative estimate of drug-likeness (QED) is 0.742. The van der Waals surface area contributed by atoms with E-state index < -0.39 is 11.4 Å². The summed E-state index contributed by atoms with van der Waals surface area (Å²) in [6.07, 6.45) is 7.33. The van der Waals surface area contributed by atoms with Gasteiger partial charge < -0.3 is 10.4 Å². The molecular formula is C14H25NO3. The van der Waals surface area contributed by atoms with Crippen molar-refractivity contribution in [2.24, 2.45) is 5.41 Å². The predicted octanol–water partition coefficient (Wildman–Crippen LogP) is 2.72. The smallest absolute Gasteiger partial charge is 0.303 e. The Hall–Kier alpha value is -1.06. The second-order valence-corrected chi connectivity index (χ2v) is 6.17. The van der Waals surface area contributed by atoms with Crippen LogP contribution in [0.4, 0.5) is 0 Å². The van der Waals surface area contributed by atoms with E-state index in [4.69, 9.17) is 5.11 Å². The molecule has 0 heterocycles. The van der Waals surface area contributed by atoms with Gasteiger partial charge in [-0.3, -0.25) is 9.59 Å². The number of amides is 1. The molecule has 0 aliphatic heterocycles. The molecule has 2 N–H and O–H groups in total. The lowest BCUT2D eigenvalue weighted by Gasteiger charge is -2.24. The van der Waals surface area contributed by atoms with Crippen molar-refractivity contribution in [2.45, 2.75) is 71.3 Å². The zero-order valence-corrected chi connectivity index (χ0v) is 11.5. The Balaban J connectivity index is 2.37. The van der Waals surface area contributed by atoms with Gasteiger partial charge in [-0.15, -0.1) is 0 Å². The maximum atomic E-state index is 11.9. The molecule has 4 heteroatoms. The lowest BCUT2D eigenvalue weighted by Crippen LogP contribution is -2.37. The number of hydrogen-bond acceptors (Lipinski definition) is 2. The molecule has 1 saturated carbocycles. The topological polar surface area (TPSA) is 66.4 Å². The lowest BCUT2D eigenvalue weighted by atomic mass is 9.85. The predicted molar refractivity (Wildman–Crippen MR) is 70.3 cm³/mol. The number of aliphatic carboxylic acids is 1. The third-order valence-electron chi connectivity index (χ3n) is 3.49. The van der Waals surface area contributed by atoms with Gasteiger partial charge in [-0.1, -0.05) is 39.5 Å². The summed E-state index contributed by atoms with van der Waals surface area (Å²) >= 11 is 0. The van der Waals surface area contributed by atoms with Crippen molar-refractivity contribution < 1.29 is 14.7 Å². The van der Waals surface area contributed by atoms with Crippen molar-refractivity contribution in [2.75, 3.05) is 0 Å². The molecule has 104 valence electrons. The highest BCUT2D eigenvalue weighted by Gasteiger charge is 2.26. The first-order chi connectivity index (χ1) is 8.39. The Bertz CT molecular complexity index is 291. The van der Waals surface area contributed by atoms with E-state index in [2.05, 4.69) is 5.32 Å². The fourth-order valence-corrected chi connectivity index (χ4v) is 2.61. The van der Waals surface area contributed by atoms with E-state index in [0.29, 0.717) is 6.04 Å². The molecule has 1 rings (SSSR count). The normalized spacial score (nSPS) is 18.1. The van der Waals surface area contributed by atoms with Crippen LogP contribution in [0.15, 0.2) is 0 Å². The largest absolute Gasteiger partial charge is 0.481 e. The van der Waals surface area contributed by atoms with E-state index in [-0.39, 0.29) is 18.7 Å². The molecule has 18 heavy (non-hydrogen) atoms. The summed E-state index contributed by atoms with van der Waals surface area (Å²) in [5.41, 5.74) is -0.472. The molecule has 0 atom stereocenters. The van der Waals surface area contributed by atoms with Gasteiger partial charge in [0.15, 0.2) is 0 Å². The van der Waals surface area contributed by atoms with Crippen LogP contribution < -0.4 is 5.32 Å². The summed E-state index contributed by atoms with van der Waals surface area (Å²) in [5.74, 6) is -0.851. The van der Waals surface area contributed by atoms with Gasteiger partial charge in [0, 0.05) is 12.5 Å². The van der Waals surface area contributed by atoms with Gasteiger partial charge >= 0.3 is 5.97 Å². The molecule has 0 saturated heterocycles. The summed E-state index contributed by atoms with van der Waals surface area (Å²) in [7, 11) is 0. The van der Waals surface area contributed by atoms with Gasteiger partial charge in [-0.2, -0.15) is 0 Å². The van der Waals surface area contributed by atoms with Crippen molar-refractivity contribution in [3.05, 3.63) is 0 Å². The molecular weight excluding hydrogens is 230 g/mol. The van der Waals surface area contributed by atoms with Crippen molar-refractivity contribution in [1.82, 2.24) is 5.32 Å². The van der Waals surface area contributed by atoms with Crippen LogP contribution in [0, 0.1) is 5.41 Å². The zero-order valence-electron chi connectivity index (χ0n) is 11.5. The fourth-order valence-electron chi connectivity index (χ4n) is 2.61. The average molecular weight is 255 g/mol. The number of carboxylic acids is 1. The van der Waals surface area contributed by atoms with Crippen molar-refractivity contribution >= 4 is 11.9 Å². The number of nitrogens with one attached hydrogen (secondary N) is 1. The zero-order chi connectivity index (χ0) is 13.6. The fraction of sp³-hybridized carbons (Fsp3) is 0.857. The standard InChI is InChI=1S/C14H25NO3/c1-14(2,10-13(17)18)9-12(16)15-11-7-5-3-4-6-8-11/h11H,3-10H2,1-2H3,(H,15,16)(H,17,18). The van der Waals surface area contributed by atoms with Crippen molar-refractivity contribution in [1.29, 1.82) is 0 Å². The van der Waals surface area contributed by atoms with Crippen LogP contribution in [-0.2, 0) is 9.59 Å². The van der Waals surface area contributed by atoms with Gasteiger partial charge in [-0.25, -0.2) is 0 Å². The monoisotopic (exact) mass is 255 g/mol. The first kappa shape index (κ1) is 15.0. The average Bonchev–Trinajstić information content (AvgIpc) is 2.42. The molecule has 1 amide bonds. The van der Waals surface area contributed by atoms with Gasteiger partial charge in [0.05, 0.1) is 6.42 Å². The maximum Gasteiger partial charge on any atom is 0.303 e. The highest BCUT2D eigenvalue weighted by atomic mass is 16.4. The third kappa shape index (κ3) is 6.03. The van der Waals surface area contributed by atoms with Crippen molar-refractivity contribution in [3.8, 4) is 0 Å². The summed E-state index contributed by atoms with van der Waals surface area (Å²) in [4.78, 5) is 22.6. The Labute approximate surface area is 109 Å². The Morgan fingerprint density at radius 1 is 1.11 bits per heavy atom. The summed E-state index contributed by atoms with van der Waals surface area (Å²) < 4.78 is 0. The number of hydrogen-bond donors (Lipinski definition) is 2. The molecule has 4 nitrogen and oxygen atoms in total. The van der Waals surface area contributed by atoms with Crippen LogP contribution in [0.3, 0.4) is 0 Å². The first-order valence-electron chi connectivity index (χ1n) is 6.90. The lowest BCUT2D eigenvalue weighted by molar-refractivity contribution is -0.139. The van der Waals surface area contributed by atoms with Crippen LogP contribution in [0.2, 0.25) is 0 Å². The van der Waals surface area contributed by atoms with Crippen LogP contribution in [0.25, 0.3) is 0 Å². The van der Waals surface area contributed by atoms with E-state index in [0.717, 1.165) is 12.8 Å². The summed E-state index contributed by atoms with van der Waals surface area (Å²) in [5, 5.41) is 11.8. The number of carboxylic acid groups (broad SMARTS) is 1. The van der Waals surface area contributed by atoms with E-state index in [1.165, 1.54) is 25.7 Å². The van der Waals surface area contributed by atoms with E-state index in [9.17, 15) is 9.59 Å². The van der Waals surface area contributed by atoms with Crippen LogP contribution in [0.5, 0.6) is 0 Å². The second kappa shape index (κ2) is 6.76. The molecule has 0 bridgehead atoms. The highest BCUT2D eigenvalue weighted by Crippen LogP contribution is 2.25. The van der Waals surface area contributed by atoms with Crippen LogP contribution in [-0.4, -0.2) is 23.0 Å². The van der Waals surface area contributed by atoms with Gasteiger partial charge in [0.25, 0.3) is 0 Å². The van der Waals surface area contributed by atoms with Crippen LogP contribution >= 0.6 is 0 Å². The molecule has 0 unspecified atom stereocenters. The minimum Gasteiger partial charge on any atom is -0.481 e. The molecule has 0 aromatic carbocycles. The molecule has 1 fully saturated rings. The van der Waals surface area contributed by atoms with Crippen LogP contribution in [0.1, 0.15) is 65.2 Å². The van der Waals surface area contributed by atoms with E-state index >= 15 is 0 Å². The summed E-state index contributed by atoms with van der Waals surface area (Å²) in [6, 6.07) is 0.292. The van der Waals surface area contributed by atoms with E-state index in [1.54, 1.807) is 0 Å². The highest BCUT2D eigenvalue weighted by molar-refractivity contribution is 5.78. The molecule has 0 spiro atoms. The SMILES string of the molecule is CC(C)(CC(=O)O)CC(=O)NC1CCCCCC1. The molecule has 0 aromatic rings. The third-order valence-corrected chi connectivity index (χ3v) is 3.49. The number of rotatable bonds is 5. The second-order valence-electron chi connectivity index (χ2n) is 6.17. The van der Waals surface area contributed by atoms with E-state index in [1.807, 2.05) is 13.8 Å². The maximum absolute atomic E-state index is 11.9. The van der Waals surface area contributed by atoms with Crippen molar-refractivity contribution in [3.63, 3.8) is 0 Å². The van der Waals surface area contributed by atoms with Gasteiger partial charge in [0.2, 0.25) is 5.91 Å². The Morgan fingerprint density at radius 2 is 1.67 bits per heavy atom. The first-order valence-corrected chi connectivity index (χ1v) is 6.90. The molecule has 1 aliphatic carbocycles. The summed E-state index contributed by atoms with van der Waals surface area (Å²) in [6.45, 7) is 3.65. The minimum absolute atomic E-state index is 0.00634. The van der Waals surface area contributed by atoms with Gasteiger partial charge in [0.1, 0.15) is 0 Å². The molecule has 0 radical (unpaired) electrons. The van der Waals surface area contributed by atoms with Gasteiger partial charge in [-0.05, 0) is 18.3 Å². The Kier molecular flexibility index (Phi) is 5.63. The molecule has 0 aromatic heterocycles. The molecule has 1 aliphatic rings. The number of carbonyl (C=O) groups is 2. The number of carbonyl (C=O) groups excluding carboxylic acids is 1. The minimum atomic E-state index is -0.845. The Morgan fingerprint density at radius 3 is 2.17 bits per heavy atom.